The van der Waals surface area contributed by atoms with Gasteiger partial charge in [0.15, 0.2) is 17.4 Å². The van der Waals surface area contributed by atoms with Gasteiger partial charge in [-0.1, -0.05) is 0 Å². The van der Waals surface area contributed by atoms with E-state index in [2.05, 4.69) is 36.8 Å². The number of aromatic amines is 1. The summed E-state index contributed by atoms with van der Waals surface area (Å²) >= 11 is 0. The number of piperidine rings is 1. The molecule has 3 aliphatic rings. The van der Waals surface area contributed by atoms with Crippen molar-refractivity contribution < 1.29 is 19.4 Å². The van der Waals surface area contributed by atoms with Crippen LogP contribution in [0.4, 0.5) is 11.5 Å². The highest BCUT2D eigenvalue weighted by molar-refractivity contribution is 6.06. The van der Waals surface area contributed by atoms with Gasteiger partial charge in [0.05, 0.1) is 30.4 Å². The molecule has 0 saturated carbocycles. The number of anilines is 1. The van der Waals surface area contributed by atoms with Gasteiger partial charge in [-0.2, -0.15) is 0 Å². The summed E-state index contributed by atoms with van der Waals surface area (Å²) in [5.41, 5.74) is 1.75. The van der Waals surface area contributed by atoms with Crippen molar-refractivity contribution in [3.8, 4) is 17.4 Å². The summed E-state index contributed by atoms with van der Waals surface area (Å²) in [6.07, 6.45) is 6.12. The number of amides is 1. The molecule has 1 fully saturated rings. The van der Waals surface area contributed by atoms with Gasteiger partial charge in [0.1, 0.15) is 17.8 Å². The Balaban J connectivity index is 1.50. The molecule has 1 amide bonds. The summed E-state index contributed by atoms with van der Waals surface area (Å²) in [5.74, 6) is 2.03. The lowest BCUT2D eigenvalue weighted by molar-refractivity contribution is -0.130. The van der Waals surface area contributed by atoms with E-state index < -0.39 is 0 Å². The molecule has 0 aliphatic carbocycles. The predicted octanol–water partition coefficient (Wildman–Crippen LogP) is 2.95. The Labute approximate surface area is 222 Å². The number of H-pyrrole nitrogens is 1. The molecule has 3 aliphatic heterocycles. The number of fused-ring (bicyclic) bond motifs is 10. The number of benzene rings is 1. The van der Waals surface area contributed by atoms with Crippen molar-refractivity contribution in [3.05, 3.63) is 30.1 Å². The van der Waals surface area contributed by atoms with Crippen LogP contribution in [0.3, 0.4) is 0 Å². The van der Waals surface area contributed by atoms with Crippen LogP contribution in [0.1, 0.15) is 31.2 Å². The zero-order valence-corrected chi connectivity index (χ0v) is 22.2. The fourth-order valence-electron chi connectivity index (χ4n) is 5.11. The van der Waals surface area contributed by atoms with Gasteiger partial charge in [-0.3, -0.25) is 9.79 Å². The standard InChI is InChI=1S/C27H35N7O4/c1-32-12-13-33(2)23(35)5-4-14-38-22-15-18(6-7-21(22)37-3)28-16-20-24-25(31-27(20)36)29-17-30-26(24)34-10-8-19(32)9-11-34/h6-7,15-17,19,36H,4-5,8-14H2,1-3H3,(H,29,30,31). The molecule has 0 atom stereocenters. The van der Waals surface area contributed by atoms with Crippen LogP contribution in [-0.2, 0) is 4.79 Å². The summed E-state index contributed by atoms with van der Waals surface area (Å²) in [7, 11) is 5.58. The second-order valence-electron chi connectivity index (χ2n) is 9.87. The van der Waals surface area contributed by atoms with Gasteiger partial charge in [-0.25, -0.2) is 9.97 Å². The average Bonchev–Trinajstić information content (AvgIpc) is 3.27. The third-order valence-corrected chi connectivity index (χ3v) is 7.47. The summed E-state index contributed by atoms with van der Waals surface area (Å²) in [4.78, 5) is 35.6. The van der Waals surface area contributed by atoms with Crippen LogP contribution < -0.4 is 14.4 Å². The molecule has 4 bridgehead atoms. The third-order valence-electron chi connectivity index (χ3n) is 7.47. The Kier molecular flexibility index (Phi) is 7.64. The molecule has 11 nitrogen and oxygen atoms in total. The van der Waals surface area contributed by atoms with E-state index in [0.29, 0.717) is 60.4 Å². The summed E-state index contributed by atoms with van der Waals surface area (Å²) in [6, 6.07) is 5.83. The molecule has 6 rings (SSSR count). The molecular formula is C27H35N7O4. The van der Waals surface area contributed by atoms with Gasteiger partial charge in [-0.05, 0) is 38.4 Å². The predicted molar refractivity (Wildman–Crippen MR) is 146 cm³/mol. The first-order valence-electron chi connectivity index (χ1n) is 13.0. The summed E-state index contributed by atoms with van der Waals surface area (Å²) in [5, 5.41) is 11.5. The molecule has 2 aromatic heterocycles. The highest BCUT2D eigenvalue weighted by Gasteiger charge is 2.26. The van der Waals surface area contributed by atoms with Gasteiger partial charge in [0.2, 0.25) is 5.91 Å². The average molecular weight is 522 g/mol. The summed E-state index contributed by atoms with van der Waals surface area (Å²) in [6.45, 7) is 3.54. The molecule has 0 unspecified atom stereocenters. The van der Waals surface area contributed by atoms with E-state index in [1.54, 1.807) is 25.5 Å². The normalized spacial score (nSPS) is 18.4. The second kappa shape index (κ2) is 11.3. The zero-order valence-electron chi connectivity index (χ0n) is 22.2. The van der Waals surface area contributed by atoms with E-state index >= 15 is 0 Å². The Hall–Kier alpha value is -3.86. The highest BCUT2D eigenvalue weighted by atomic mass is 16.5. The number of ether oxygens (including phenoxy) is 2. The van der Waals surface area contributed by atoms with Crippen LogP contribution in [0.25, 0.3) is 11.0 Å². The Bertz CT molecular complexity index is 1320. The number of aromatic hydroxyl groups is 1. The van der Waals surface area contributed by atoms with Gasteiger partial charge in [0.25, 0.3) is 0 Å². The van der Waals surface area contributed by atoms with E-state index in [1.165, 1.54) is 6.33 Å². The molecule has 0 spiro atoms. The molecular weight excluding hydrogens is 486 g/mol. The van der Waals surface area contributed by atoms with E-state index in [4.69, 9.17) is 9.47 Å². The summed E-state index contributed by atoms with van der Waals surface area (Å²) < 4.78 is 11.4. The van der Waals surface area contributed by atoms with E-state index in [0.717, 1.165) is 43.7 Å². The Morgan fingerprint density at radius 2 is 1.95 bits per heavy atom. The zero-order chi connectivity index (χ0) is 26.6. The van der Waals surface area contributed by atoms with E-state index in [-0.39, 0.29) is 11.8 Å². The highest BCUT2D eigenvalue weighted by Crippen LogP contribution is 2.35. The molecule has 0 radical (unpaired) electrons. The van der Waals surface area contributed by atoms with Gasteiger partial charge in [0, 0.05) is 58.0 Å². The monoisotopic (exact) mass is 521 g/mol. The van der Waals surface area contributed by atoms with E-state index in [9.17, 15) is 9.90 Å². The largest absolute Gasteiger partial charge is 0.494 e. The van der Waals surface area contributed by atoms with Crippen LogP contribution in [0.15, 0.2) is 29.5 Å². The van der Waals surface area contributed by atoms with Crippen molar-refractivity contribution in [2.75, 3.05) is 58.9 Å². The van der Waals surface area contributed by atoms with Crippen LogP contribution >= 0.6 is 0 Å². The number of nitrogens with one attached hydrogen (secondary N) is 1. The molecule has 2 N–H and O–H groups in total. The Morgan fingerprint density at radius 3 is 2.74 bits per heavy atom. The lowest BCUT2D eigenvalue weighted by Gasteiger charge is -2.38. The van der Waals surface area contributed by atoms with Crippen molar-refractivity contribution in [2.45, 2.75) is 31.7 Å². The molecule has 11 heteroatoms. The van der Waals surface area contributed by atoms with Gasteiger partial charge < -0.3 is 34.3 Å². The first kappa shape index (κ1) is 25.8. The van der Waals surface area contributed by atoms with Gasteiger partial charge in [-0.15, -0.1) is 0 Å². The fraction of sp³-hybridized carbons (Fsp3) is 0.481. The number of aliphatic imine (C=N–C) groups is 1. The number of hydrogen-bond donors (Lipinski definition) is 2. The third kappa shape index (κ3) is 5.38. The quantitative estimate of drug-likeness (QED) is 0.502. The number of aromatic nitrogens is 3. The SMILES string of the molecule is COc1ccc2cc1OCCCC(=O)N(C)CCN(C)C1CCN(CC1)c1ncnc3[nH]c(O)c(c13)C=N2. The molecule has 38 heavy (non-hydrogen) atoms. The van der Waals surface area contributed by atoms with Crippen molar-refractivity contribution in [1.29, 1.82) is 0 Å². The van der Waals surface area contributed by atoms with Crippen LogP contribution in [0.2, 0.25) is 0 Å². The fourth-order valence-corrected chi connectivity index (χ4v) is 5.11. The maximum atomic E-state index is 12.7. The van der Waals surface area contributed by atoms with Crippen molar-refractivity contribution in [2.24, 2.45) is 4.99 Å². The number of nitrogens with zero attached hydrogens (tertiary/aromatic N) is 6. The minimum Gasteiger partial charge on any atom is -0.494 e. The number of carbonyl (C=O) groups excluding carboxylic acids is 1. The maximum absolute atomic E-state index is 12.7. The van der Waals surface area contributed by atoms with Crippen molar-refractivity contribution >= 4 is 34.7 Å². The topological polar surface area (TPSA) is 119 Å². The molecule has 1 saturated heterocycles. The van der Waals surface area contributed by atoms with Gasteiger partial charge >= 0.3 is 0 Å². The second-order valence-corrected chi connectivity index (χ2v) is 9.87. The van der Waals surface area contributed by atoms with Crippen molar-refractivity contribution in [1.82, 2.24) is 24.8 Å². The molecule has 202 valence electrons. The van der Waals surface area contributed by atoms with Crippen LogP contribution in [0, 0.1) is 0 Å². The van der Waals surface area contributed by atoms with Crippen molar-refractivity contribution in [3.63, 3.8) is 0 Å². The van der Waals surface area contributed by atoms with Crippen LogP contribution in [-0.4, -0.2) is 102 Å². The number of carbonyl (C=O) groups is 1. The molecule has 5 heterocycles. The van der Waals surface area contributed by atoms with E-state index in [1.807, 2.05) is 18.0 Å². The minimum absolute atomic E-state index is 0.00252. The smallest absolute Gasteiger partial charge is 0.222 e. The first-order chi connectivity index (χ1) is 18.4. The lowest BCUT2D eigenvalue weighted by atomic mass is 10.0. The Morgan fingerprint density at radius 1 is 1.13 bits per heavy atom. The maximum Gasteiger partial charge on any atom is 0.222 e. The van der Waals surface area contributed by atoms with Crippen LogP contribution in [0.5, 0.6) is 17.4 Å². The number of methoxy groups -OCH3 is 1. The minimum atomic E-state index is -0.00252. The molecule has 3 aromatic rings. The number of hydrogen-bond acceptors (Lipinski definition) is 9. The number of likely N-dealkylation sites (N-methyl/N-ethyl adjacent to an activating group) is 2. The first-order valence-corrected chi connectivity index (χ1v) is 13.0. The lowest BCUT2D eigenvalue weighted by Crippen LogP contribution is -2.46. The molecule has 1 aromatic carbocycles. The number of rotatable bonds is 1.